The Balaban J connectivity index is 2.28. The summed E-state index contributed by atoms with van der Waals surface area (Å²) in [7, 11) is 0. The van der Waals surface area contributed by atoms with Crippen molar-refractivity contribution in [1.82, 2.24) is 15.0 Å². The molecule has 2 aromatic heterocycles. The second-order valence-electron chi connectivity index (χ2n) is 4.46. The Morgan fingerprint density at radius 1 is 1.19 bits per heavy atom. The van der Waals surface area contributed by atoms with Crippen LogP contribution in [0.5, 0.6) is 0 Å². The van der Waals surface area contributed by atoms with E-state index in [2.05, 4.69) is 52.1 Å². The van der Waals surface area contributed by atoms with Crippen LogP contribution in [0.3, 0.4) is 0 Å². The fourth-order valence-corrected chi connectivity index (χ4v) is 3.95. The molecule has 0 spiro atoms. The summed E-state index contributed by atoms with van der Waals surface area (Å²) < 4.78 is 1.92. The van der Waals surface area contributed by atoms with Crippen LogP contribution in [0.1, 0.15) is 11.9 Å². The first-order chi connectivity index (χ1) is 10.1. The van der Waals surface area contributed by atoms with Crippen molar-refractivity contribution >= 4 is 59.9 Å². The number of hydrogen-bond donors (Lipinski definition) is 1. The fraction of sp³-hybridized carbons (Fsp3) is 0.214. The Kier molecular flexibility index (Phi) is 4.24. The van der Waals surface area contributed by atoms with Crippen molar-refractivity contribution in [3.05, 3.63) is 31.5 Å². The first-order valence-corrected chi connectivity index (χ1v) is 8.88. The van der Waals surface area contributed by atoms with Gasteiger partial charge in [0.1, 0.15) is 11.5 Å². The lowest BCUT2D eigenvalue weighted by Crippen LogP contribution is -2.03. The summed E-state index contributed by atoms with van der Waals surface area (Å²) in [5.41, 5.74) is 1.69. The van der Waals surface area contributed by atoms with E-state index >= 15 is 0 Å². The molecular weight excluding hydrogens is 416 g/mol. The molecule has 2 heterocycles. The first kappa shape index (κ1) is 14.9. The van der Waals surface area contributed by atoms with Gasteiger partial charge in [-0.3, -0.25) is 0 Å². The maximum atomic E-state index is 4.67. The van der Waals surface area contributed by atoms with Gasteiger partial charge in [0.25, 0.3) is 0 Å². The van der Waals surface area contributed by atoms with Crippen LogP contribution in [0.2, 0.25) is 0 Å². The highest BCUT2D eigenvalue weighted by Gasteiger charge is 2.13. The van der Waals surface area contributed by atoms with Gasteiger partial charge in [-0.2, -0.15) is 0 Å². The molecular formula is C14H12Br2N4S. The van der Waals surface area contributed by atoms with Gasteiger partial charge in [-0.1, -0.05) is 15.9 Å². The third kappa shape index (κ3) is 2.95. The molecule has 0 saturated carbocycles. The third-order valence-corrected chi connectivity index (χ3v) is 4.75. The van der Waals surface area contributed by atoms with Crippen LogP contribution < -0.4 is 5.32 Å². The van der Waals surface area contributed by atoms with Gasteiger partial charge in [-0.15, -0.1) is 11.3 Å². The summed E-state index contributed by atoms with van der Waals surface area (Å²) in [4.78, 5) is 13.8. The monoisotopic (exact) mass is 426 g/mol. The summed E-state index contributed by atoms with van der Waals surface area (Å²) in [5, 5.41) is 7.28. The minimum absolute atomic E-state index is 0.644. The number of benzene rings is 1. The van der Waals surface area contributed by atoms with Gasteiger partial charge in [0, 0.05) is 26.3 Å². The lowest BCUT2D eigenvalue weighted by atomic mass is 10.2. The SMILES string of the molecule is CCNc1nc(-c2csc(C)n2)nc2c(Br)cc(Br)cc12. The molecule has 0 aliphatic rings. The minimum Gasteiger partial charge on any atom is -0.370 e. The molecule has 3 rings (SSSR count). The molecule has 3 aromatic rings. The van der Waals surface area contributed by atoms with E-state index in [1.807, 2.05) is 31.4 Å². The second-order valence-corrected chi connectivity index (χ2v) is 7.29. The number of thiazole rings is 1. The third-order valence-electron chi connectivity index (χ3n) is 2.91. The molecule has 4 nitrogen and oxygen atoms in total. The van der Waals surface area contributed by atoms with Crippen LogP contribution in [0.25, 0.3) is 22.4 Å². The Morgan fingerprint density at radius 3 is 2.67 bits per heavy atom. The van der Waals surface area contributed by atoms with E-state index in [0.29, 0.717) is 5.82 Å². The number of anilines is 1. The van der Waals surface area contributed by atoms with Crippen molar-refractivity contribution in [2.75, 3.05) is 11.9 Å². The van der Waals surface area contributed by atoms with E-state index in [-0.39, 0.29) is 0 Å². The molecule has 0 bridgehead atoms. The highest BCUT2D eigenvalue weighted by Crippen LogP contribution is 2.32. The van der Waals surface area contributed by atoms with Crippen LogP contribution in [0, 0.1) is 6.92 Å². The molecule has 108 valence electrons. The van der Waals surface area contributed by atoms with Gasteiger partial charge >= 0.3 is 0 Å². The predicted molar refractivity (Wildman–Crippen MR) is 94.9 cm³/mol. The molecule has 1 N–H and O–H groups in total. The maximum absolute atomic E-state index is 4.67. The van der Waals surface area contributed by atoms with E-state index < -0.39 is 0 Å². The van der Waals surface area contributed by atoms with Crippen molar-refractivity contribution in [2.45, 2.75) is 13.8 Å². The van der Waals surface area contributed by atoms with Crippen molar-refractivity contribution < 1.29 is 0 Å². The quantitative estimate of drug-likeness (QED) is 0.637. The zero-order valence-electron chi connectivity index (χ0n) is 11.4. The molecule has 0 fully saturated rings. The predicted octanol–water partition coefficient (Wildman–Crippen LogP) is 5.02. The molecule has 0 unspecified atom stereocenters. The molecule has 21 heavy (non-hydrogen) atoms. The average molecular weight is 428 g/mol. The molecule has 7 heteroatoms. The number of hydrogen-bond acceptors (Lipinski definition) is 5. The molecule has 0 amide bonds. The molecule has 0 aliphatic carbocycles. The van der Waals surface area contributed by atoms with Crippen molar-refractivity contribution in [3.63, 3.8) is 0 Å². The summed E-state index contributed by atoms with van der Waals surface area (Å²) in [5.74, 6) is 1.47. The number of aryl methyl sites for hydroxylation is 1. The summed E-state index contributed by atoms with van der Waals surface area (Å²) >= 11 is 8.69. The maximum Gasteiger partial charge on any atom is 0.181 e. The second kappa shape index (κ2) is 5.98. The van der Waals surface area contributed by atoms with Crippen molar-refractivity contribution in [3.8, 4) is 11.5 Å². The number of rotatable bonds is 3. The largest absolute Gasteiger partial charge is 0.370 e. The first-order valence-electron chi connectivity index (χ1n) is 6.41. The van der Waals surface area contributed by atoms with Gasteiger partial charge in [0.2, 0.25) is 0 Å². The molecule has 0 saturated heterocycles. The minimum atomic E-state index is 0.644. The van der Waals surface area contributed by atoms with Crippen LogP contribution in [-0.2, 0) is 0 Å². The number of nitrogens with zero attached hydrogens (tertiary/aromatic N) is 3. The Bertz CT molecular complexity index is 816. The highest BCUT2D eigenvalue weighted by atomic mass is 79.9. The van der Waals surface area contributed by atoms with Gasteiger partial charge in [-0.25, -0.2) is 15.0 Å². The molecule has 1 aromatic carbocycles. The summed E-state index contributed by atoms with van der Waals surface area (Å²) in [6, 6.07) is 4.01. The Morgan fingerprint density at radius 2 is 2.00 bits per heavy atom. The lowest BCUT2D eigenvalue weighted by molar-refractivity contribution is 1.13. The number of halogens is 2. The van der Waals surface area contributed by atoms with Crippen LogP contribution >= 0.6 is 43.2 Å². The van der Waals surface area contributed by atoms with E-state index in [9.17, 15) is 0 Å². The smallest absolute Gasteiger partial charge is 0.181 e. The van der Waals surface area contributed by atoms with E-state index in [1.54, 1.807) is 11.3 Å². The zero-order chi connectivity index (χ0) is 15.0. The van der Waals surface area contributed by atoms with Gasteiger partial charge in [0.15, 0.2) is 5.82 Å². The van der Waals surface area contributed by atoms with Crippen LogP contribution in [0.15, 0.2) is 26.5 Å². The molecule has 0 aliphatic heterocycles. The Labute approximate surface area is 143 Å². The fourth-order valence-electron chi connectivity index (χ4n) is 2.04. The highest BCUT2D eigenvalue weighted by molar-refractivity contribution is 9.11. The van der Waals surface area contributed by atoms with Crippen molar-refractivity contribution in [1.29, 1.82) is 0 Å². The van der Waals surface area contributed by atoms with Gasteiger partial charge < -0.3 is 5.32 Å². The van der Waals surface area contributed by atoms with Crippen molar-refractivity contribution in [2.24, 2.45) is 0 Å². The van der Waals surface area contributed by atoms with Gasteiger partial charge in [-0.05, 0) is 41.9 Å². The van der Waals surface area contributed by atoms with E-state index in [0.717, 1.165) is 42.9 Å². The van der Waals surface area contributed by atoms with E-state index in [1.165, 1.54) is 0 Å². The van der Waals surface area contributed by atoms with Crippen LogP contribution in [0.4, 0.5) is 5.82 Å². The topological polar surface area (TPSA) is 50.7 Å². The average Bonchev–Trinajstić information content (AvgIpc) is 2.86. The lowest BCUT2D eigenvalue weighted by Gasteiger charge is -2.10. The van der Waals surface area contributed by atoms with Crippen LogP contribution in [-0.4, -0.2) is 21.5 Å². The number of fused-ring (bicyclic) bond motifs is 1. The number of aromatic nitrogens is 3. The zero-order valence-corrected chi connectivity index (χ0v) is 15.4. The summed E-state index contributed by atoms with van der Waals surface area (Å²) in [6.07, 6.45) is 0. The normalized spacial score (nSPS) is 11.0. The molecule has 0 atom stereocenters. The summed E-state index contributed by atoms with van der Waals surface area (Å²) in [6.45, 7) is 4.83. The standard InChI is InChI=1S/C14H12Br2N4S/c1-3-17-13-9-4-8(15)5-10(16)12(9)19-14(20-13)11-6-21-7(2)18-11/h4-6H,3H2,1-2H3,(H,17,19,20). The van der Waals surface area contributed by atoms with Gasteiger partial charge in [0.05, 0.1) is 10.5 Å². The molecule has 0 radical (unpaired) electrons. The number of nitrogens with one attached hydrogen (secondary N) is 1. The Hall–Kier alpha value is -1.05. The van der Waals surface area contributed by atoms with E-state index in [4.69, 9.17) is 0 Å².